The molecule has 2 heterocycles. The molecular formula is C23H20Cl2N4O2. The van der Waals surface area contributed by atoms with Crippen molar-refractivity contribution in [3.63, 3.8) is 0 Å². The van der Waals surface area contributed by atoms with Gasteiger partial charge in [-0.2, -0.15) is 5.10 Å². The number of para-hydroxylation sites is 1. The molecule has 31 heavy (non-hydrogen) atoms. The maximum Gasteiger partial charge on any atom is 0.252 e. The second-order valence-corrected chi connectivity index (χ2v) is 8.11. The highest BCUT2D eigenvalue weighted by Crippen LogP contribution is 2.26. The van der Waals surface area contributed by atoms with E-state index >= 15 is 0 Å². The lowest BCUT2D eigenvalue weighted by Crippen LogP contribution is -2.25. The molecule has 6 nitrogen and oxygen atoms in total. The van der Waals surface area contributed by atoms with Crippen molar-refractivity contribution in [3.8, 4) is 5.69 Å². The highest BCUT2D eigenvalue weighted by Gasteiger charge is 2.18. The second-order valence-electron chi connectivity index (χ2n) is 7.27. The normalized spacial score (nSPS) is 11.1. The topological polar surface area (TPSA) is 68.9 Å². The van der Waals surface area contributed by atoms with Crippen molar-refractivity contribution in [2.24, 2.45) is 0 Å². The lowest BCUT2D eigenvalue weighted by Gasteiger charge is -2.13. The Morgan fingerprint density at radius 3 is 2.55 bits per heavy atom. The number of aryl methyl sites for hydroxylation is 3. The van der Waals surface area contributed by atoms with Gasteiger partial charge in [0.05, 0.1) is 22.1 Å². The number of halogens is 2. The zero-order valence-corrected chi connectivity index (χ0v) is 18.5. The van der Waals surface area contributed by atoms with E-state index in [0.29, 0.717) is 21.4 Å². The number of benzene rings is 2. The molecule has 0 saturated carbocycles. The maximum absolute atomic E-state index is 12.9. The standard InChI is InChI=1S/C23H20Cl2N4O2/c1-14-12-21(31)28(11-10-20(30)26-19-13-16(24)8-9-18(19)25)23-22(14)15(2)27-29(23)17-6-4-3-5-7-17/h3-9,12-13H,10-11H2,1-2H3,(H,26,30). The number of amides is 1. The number of anilines is 1. The number of nitrogens with zero attached hydrogens (tertiary/aromatic N) is 3. The Kier molecular flexibility index (Phi) is 5.85. The summed E-state index contributed by atoms with van der Waals surface area (Å²) in [4.78, 5) is 25.4. The third-order valence-corrected chi connectivity index (χ3v) is 5.62. The van der Waals surface area contributed by atoms with Gasteiger partial charge in [-0.05, 0) is 49.7 Å². The van der Waals surface area contributed by atoms with Crippen LogP contribution in [0.15, 0.2) is 59.4 Å². The van der Waals surface area contributed by atoms with Crippen molar-refractivity contribution >= 4 is 45.8 Å². The summed E-state index contributed by atoms with van der Waals surface area (Å²) in [5.74, 6) is -0.271. The van der Waals surface area contributed by atoms with Gasteiger partial charge in [0.25, 0.3) is 5.56 Å². The van der Waals surface area contributed by atoms with Gasteiger partial charge >= 0.3 is 0 Å². The van der Waals surface area contributed by atoms with Crippen molar-refractivity contribution in [1.82, 2.24) is 14.3 Å². The molecule has 1 amide bonds. The third-order valence-electron chi connectivity index (χ3n) is 5.06. The number of fused-ring (bicyclic) bond motifs is 1. The van der Waals surface area contributed by atoms with Crippen LogP contribution in [0.1, 0.15) is 17.7 Å². The molecule has 4 rings (SSSR count). The van der Waals surface area contributed by atoms with Gasteiger partial charge in [-0.1, -0.05) is 41.4 Å². The number of hydrogen-bond acceptors (Lipinski definition) is 3. The van der Waals surface area contributed by atoms with Crippen molar-refractivity contribution in [2.75, 3.05) is 5.32 Å². The Hall–Kier alpha value is -3.09. The van der Waals surface area contributed by atoms with E-state index in [0.717, 1.165) is 22.3 Å². The predicted molar refractivity (Wildman–Crippen MR) is 125 cm³/mol. The predicted octanol–water partition coefficient (Wildman–Crippen LogP) is 5.14. The number of carbonyl (C=O) groups excluding carboxylic acids is 1. The molecule has 0 saturated heterocycles. The fourth-order valence-corrected chi connectivity index (χ4v) is 3.99. The van der Waals surface area contributed by atoms with Gasteiger partial charge in [0.1, 0.15) is 5.65 Å². The Balaban J connectivity index is 1.70. The molecule has 0 spiro atoms. The van der Waals surface area contributed by atoms with Crippen molar-refractivity contribution in [1.29, 1.82) is 0 Å². The minimum atomic E-state index is -0.271. The third kappa shape index (κ3) is 4.22. The Labute approximate surface area is 189 Å². The molecule has 0 aliphatic heterocycles. The fourth-order valence-electron chi connectivity index (χ4n) is 3.65. The first-order valence-corrected chi connectivity index (χ1v) is 10.5. The smallest absolute Gasteiger partial charge is 0.252 e. The molecule has 8 heteroatoms. The van der Waals surface area contributed by atoms with Gasteiger partial charge in [-0.25, -0.2) is 4.68 Å². The van der Waals surface area contributed by atoms with Crippen molar-refractivity contribution in [2.45, 2.75) is 26.8 Å². The lowest BCUT2D eigenvalue weighted by atomic mass is 10.1. The van der Waals surface area contributed by atoms with E-state index in [2.05, 4.69) is 10.4 Å². The molecule has 0 fully saturated rings. The molecule has 2 aromatic heterocycles. The van der Waals surface area contributed by atoms with Crippen LogP contribution < -0.4 is 10.9 Å². The first kappa shape index (κ1) is 21.2. The van der Waals surface area contributed by atoms with Crippen LogP contribution in [0, 0.1) is 13.8 Å². The Morgan fingerprint density at radius 1 is 1.06 bits per heavy atom. The van der Waals surface area contributed by atoms with E-state index in [1.807, 2.05) is 44.2 Å². The van der Waals surface area contributed by atoms with E-state index < -0.39 is 0 Å². The average molecular weight is 455 g/mol. The van der Waals surface area contributed by atoms with Crippen LogP contribution in [0.25, 0.3) is 16.7 Å². The summed E-state index contributed by atoms with van der Waals surface area (Å²) in [6, 6.07) is 16.0. The van der Waals surface area contributed by atoms with E-state index in [4.69, 9.17) is 23.2 Å². The molecule has 0 radical (unpaired) electrons. The molecule has 2 aromatic carbocycles. The number of rotatable bonds is 5. The molecule has 0 aliphatic rings. The first-order chi connectivity index (χ1) is 14.8. The zero-order valence-electron chi connectivity index (χ0n) is 17.0. The number of hydrogen-bond donors (Lipinski definition) is 1. The van der Waals surface area contributed by atoms with Crippen molar-refractivity contribution < 1.29 is 4.79 Å². The summed E-state index contributed by atoms with van der Waals surface area (Å²) in [7, 11) is 0. The number of aromatic nitrogens is 3. The van der Waals surface area contributed by atoms with E-state index in [9.17, 15) is 9.59 Å². The number of carbonyl (C=O) groups is 1. The van der Waals surface area contributed by atoms with Gasteiger partial charge in [0.15, 0.2) is 0 Å². The summed E-state index contributed by atoms with van der Waals surface area (Å²) in [6.07, 6.45) is 0.0833. The molecule has 0 unspecified atom stereocenters. The van der Waals surface area contributed by atoms with Crippen LogP contribution in [-0.2, 0) is 11.3 Å². The van der Waals surface area contributed by atoms with E-state index in [1.54, 1.807) is 33.5 Å². The minimum Gasteiger partial charge on any atom is -0.325 e. The fraction of sp³-hybridized carbons (Fsp3) is 0.174. The quantitative estimate of drug-likeness (QED) is 0.453. The highest BCUT2D eigenvalue weighted by molar-refractivity contribution is 6.35. The molecule has 4 aromatic rings. The van der Waals surface area contributed by atoms with Crippen LogP contribution in [0.4, 0.5) is 5.69 Å². The van der Waals surface area contributed by atoms with Crippen LogP contribution >= 0.6 is 23.2 Å². The molecule has 1 N–H and O–H groups in total. The summed E-state index contributed by atoms with van der Waals surface area (Å²) in [5.41, 5.74) is 3.43. The van der Waals surface area contributed by atoms with Crippen LogP contribution in [-0.4, -0.2) is 20.3 Å². The van der Waals surface area contributed by atoms with Crippen molar-refractivity contribution in [3.05, 3.63) is 86.3 Å². The largest absolute Gasteiger partial charge is 0.325 e. The first-order valence-electron chi connectivity index (χ1n) is 9.75. The molecule has 0 aliphatic carbocycles. The van der Waals surface area contributed by atoms with Crippen LogP contribution in [0.3, 0.4) is 0 Å². The van der Waals surface area contributed by atoms with Gasteiger partial charge in [-0.3, -0.25) is 14.2 Å². The van der Waals surface area contributed by atoms with Crippen LogP contribution in [0.2, 0.25) is 10.0 Å². The number of pyridine rings is 1. The van der Waals surface area contributed by atoms with Gasteiger partial charge in [0, 0.05) is 29.4 Å². The summed E-state index contributed by atoms with van der Waals surface area (Å²) in [5, 5.41) is 9.19. The highest BCUT2D eigenvalue weighted by atomic mass is 35.5. The molecule has 0 atom stereocenters. The molecule has 0 bridgehead atoms. The number of nitrogens with one attached hydrogen (secondary N) is 1. The second kappa shape index (κ2) is 8.57. The minimum absolute atomic E-state index is 0.0833. The van der Waals surface area contributed by atoms with Gasteiger partial charge < -0.3 is 5.32 Å². The van der Waals surface area contributed by atoms with E-state index in [-0.39, 0.29) is 24.4 Å². The summed E-state index contributed by atoms with van der Waals surface area (Å²) >= 11 is 12.1. The average Bonchev–Trinajstić information content (AvgIpc) is 3.09. The van der Waals surface area contributed by atoms with Crippen LogP contribution in [0.5, 0.6) is 0 Å². The molecule has 158 valence electrons. The van der Waals surface area contributed by atoms with E-state index in [1.165, 1.54) is 0 Å². The monoisotopic (exact) mass is 454 g/mol. The van der Waals surface area contributed by atoms with Gasteiger partial charge in [0.2, 0.25) is 5.91 Å². The maximum atomic E-state index is 12.9. The molecular weight excluding hydrogens is 435 g/mol. The SMILES string of the molecule is Cc1cc(=O)n(CCC(=O)Nc2cc(Cl)ccc2Cl)c2c1c(C)nn2-c1ccccc1. The summed E-state index contributed by atoms with van der Waals surface area (Å²) < 4.78 is 3.35. The Bertz CT molecular complexity index is 1340. The zero-order chi connectivity index (χ0) is 22.1. The summed E-state index contributed by atoms with van der Waals surface area (Å²) in [6.45, 7) is 4.00. The Morgan fingerprint density at radius 2 is 1.81 bits per heavy atom. The lowest BCUT2D eigenvalue weighted by molar-refractivity contribution is -0.116. The van der Waals surface area contributed by atoms with Gasteiger partial charge in [-0.15, -0.1) is 0 Å².